The summed E-state index contributed by atoms with van der Waals surface area (Å²) in [7, 11) is 0. The molecule has 3 rings (SSSR count). The normalized spacial score (nSPS) is 30.1. The Morgan fingerprint density at radius 2 is 1.47 bits per heavy atom. The van der Waals surface area contributed by atoms with Crippen molar-refractivity contribution in [3.63, 3.8) is 0 Å². The van der Waals surface area contributed by atoms with E-state index >= 15 is 0 Å². The van der Waals surface area contributed by atoms with Crippen LogP contribution in [-0.2, 0) is 0 Å². The number of thiophene rings is 1. The molecule has 2 atom stereocenters. The third-order valence-electron chi connectivity index (χ3n) is 3.57. The molecule has 1 fully saturated rings. The smallest absolute Gasteiger partial charge is 0.171 e. The first-order valence-corrected chi connectivity index (χ1v) is 6.69. The average molecular weight is 224 g/mol. The standard InChI is InChI=1S/C12H16O2S/c1-2-4-10-6-14-12-8-15-7-11(12)13-5-9(10)3-1/h7-10H,1-6H2. The summed E-state index contributed by atoms with van der Waals surface area (Å²) in [4.78, 5) is 0. The predicted octanol–water partition coefficient (Wildman–Crippen LogP) is 3.33. The monoisotopic (exact) mass is 224 g/mol. The quantitative estimate of drug-likeness (QED) is 0.673. The molecule has 2 aliphatic rings. The summed E-state index contributed by atoms with van der Waals surface area (Å²) in [6, 6.07) is 0. The number of ether oxygens (including phenoxy) is 2. The van der Waals surface area contributed by atoms with E-state index in [1.165, 1.54) is 25.7 Å². The highest BCUT2D eigenvalue weighted by molar-refractivity contribution is 7.08. The van der Waals surface area contributed by atoms with Crippen molar-refractivity contribution in [1.82, 2.24) is 0 Å². The fourth-order valence-electron chi connectivity index (χ4n) is 2.60. The summed E-state index contributed by atoms with van der Waals surface area (Å²) in [5, 5.41) is 4.08. The van der Waals surface area contributed by atoms with Crippen LogP contribution in [0.5, 0.6) is 11.5 Å². The minimum atomic E-state index is 0.715. The van der Waals surface area contributed by atoms with Crippen molar-refractivity contribution in [3.05, 3.63) is 10.8 Å². The zero-order valence-corrected chi connectivity index (χ0v) is 9.59. The lowest BCUT2D eigenvalue weighted by molar-refractivity contribution is 0.0852. The maximum atomic E-state index is 5.82. The summed E-state index contributed by atoms with van der Waals surface area (Å²) in [6.45, 7) is 1.77. The first kappa shape index (κ1) is 9.52. The van der Waals surface area contributed by atoms with Crippen molar-refractivity contribution in [2.24, 2.45) is 11.8 Å². The molecule has 15 heavy (non-hydrogen) atoms. The van der Waals surface area contributed by atoms with E-state index in [0.29, 0.717) is 11.8 Å². The van der Waals surface area contributed by atoms with Crippen molar-refractivity contribution >= 4 is 11.3 Å². The van der Waals surface area contributed by atoms with Crippen molar-refractivity contribution in [1.29, 1.82) is 0 Å². The van der Waals surface area contributed by atoms with E-state index in [1.54, 1.807) is 11.3 Å². The number of rotatable bonds is 0. The molecule has 1 aromatic heterocycles. The fraction of sp³-hybridized carbons (Fsp3) is 0.667. The second-order valence-electron chi connectivity index (χ2n) is 4.53. The maximum Gasteiger partial charge on any atom is 0.171 e. The highest BCUT2D eigenvalue weighted by Crippen LogP contribution is 2.38. The molecule has 0 amide bonds. The van der Waals surface area contributed by atoms with Crippen LogP contribution in [0.25, 0.3) is 0 Å². The molecule has 82 valence electrons. The van der Waals surface area contributed by atoms with Crippen molar-refractivity contribution in [3.8, 4) is 11.5 Å². The molecular weight excluding hydrogens is 208 g/mol. The highest BCUT2D eigenvalue weighted by Gasteiger charge is 2.28. The van der Waals surface area contributed by atoms with Gasteiger partial charge in [-0.25, -0.2) is 0 Å². The van der Waals surface area contributed by atoms with Crippen LogP contribution in [0.3, 0.4) is 0 Å². The van der Waals surface area contributed by atoms with E-state index in [2.05, 4.69) is 0 Å². The molecule has 2 unspecified atom stereocenters. The summed E-state index contributed by atoms with van der Waals surface area (Å²) < 4.78 is 11.6. The third kappa shape index (κ3) is 1.85. The van der Waals surface area contributed by atoms with Gasteiger partial charge in [0.25, 0.3) is 0 Å². The first-order chi connectivity index (χ1) is 7.43. The van der Waals surface area contributed by atoms with Crippen LogP contribution >= 0.6 is 11.3 Å². The van der Waals surface area contributed by atoms with Crippen LogP contribution < -0.4 is 9.47 Å². The number of hydrogen-bond donors (Lipinski definition) is 0. The van der Waals surface area contributed by atoms with Crippen molar-refractivity contribution in [2.45, 2.75) is 25.7 Å². The van der Waals surface area contributed by atoms with Crippen LogP contribution in [0, 0.1) is 11.8 Å². The van der Waals surface area contributed by atoms with Gasteiger partial charge < -0.3 is 9.47 Å². The van der Waals surface area contributed by atoms with Crippen LogP contribution in [0.4, 0.5) is 0 Å². The van der Waals surface area contributed by atoms with Gasteiger partial charge in [0.15, 0.2) is 11.5 Å². The maximum absolute atomic E-state index is 5.82. The molecule has 1 aliphatic heterocycles. The second kappa shape index (κ2) is 4.05. The summed E-state index contributed by atoms with van der Waals surface area (Å²) in [5.41, 5.74) is 0. The van der Waals surface area contributed by atoms with Crippen molar-refractivity contribution in [2.75, 3.05) is 13.2 Å². The van der Waals surface area contributed by atoms with Crippen molar-refractivity contribution < 1.29 is 9.47 Å². The Morgan fingerprint density at radius 1 is 0.933 bits per heavy atom. The molecule has 0 bridgehead atoms. The minimum absolute atomic E-state index is 0.715. The second-order valence-corrected chi connectivity index (χ2v) is 5.27. The molecule has 0 saturated heterocycles. The Labute approximate surface area is 94.2 Å². The molecule has 1 aliphatic carbocycles. The number of hydrogen-bond acceptors (Lipinski definition) is 3. The lowest BCUT2D eigenvalue weighted by atomic mass is 9.80. The molecule has 0 radical (unpaired) electrons. The van der Waals surface area contributed by atoms with Gasteiger partial charge in [0.1, 0.15) is 0 Å². The van der Waals surface area contributed by atoms with Gasteiger partial charge >= 0.3 is 0 Å². The first-order valence-electron chi connectivity index (χ1n) is 5.75. The van der Waals surface area contributed by atoms with Crippen LogP contribution in [0.2, 0.25) is 0 Å². The molecule has 1 aromatic rings. The summed E-state index contributed by atoms with van der Waals surface area (Å²) in [5.74, 6) is 3.33. The predicted molar refractivity (Wildman–Crippen MR) is 60.8 cm³/mol. The van der Waals surface area contributed by atoms with Gasteiger partial charge in [-0.2, -0.15) is 0 Å². The van der Waals surface area contributed by atoms with Gasteiger partial charge in [0.05, 0.1) is 13.2 Å². The van der Waals surface area contributed by atoms with E-state index in [9.17, 15) is 0 Å². The van der Waals surface area contributed by atoms with Gasteiger partial charge in [-0.15, -0.1) is 11.3 Å². The zero-order valence-electron chi connectivity index (χ0n) is 8.78. The van der Waals surface area contributed by atoms with Gasteiger partial charge in [0.2, 0.25) is 0 Å². The van der Waals surface area contributed by atoms with E-state index < -0.39 is 0 Å². The van der Waals surface area contributed by atoms with Crippen LogP contribution in [0.15, 0.2) is 10.8 Å². The Hall–Kier alpha value is -0.700. The van der Waals surface area contributed by atoms with E-state index in [-0.39, 0.29) is 0 Å². The Bertz CT molecular complexity index is 304. The topological polar surface area (TPSA) is 18.5 Å². The Morgan fingerprint density at radius 3 is 2.00 bits per heavy atom. The average Bonchev–Trinajstić information content (AvgIpc) is 2.68. The number of fused-ring (bicyclic) bond motifs is 2. The minimum Gasteiger partial charge on any atom is -0.489 e. The van der Waals surface area contributed by atoms with E-state index in [4.69, 9.17) is 9.47 Å². The largest absolute Gasteiger partial charge is 0.489 e. The van der Waals surface area contributed by atoms with Gasteiger partial charge in [0, 0.05) is 10.8 Å². The van der Waals surface area contributed by atoms with Crippen LogP contribution in [0.1, 0.15) is 25.7 Å². The zero-order chi connectivity index (χ0) is 10.1. The van der Waals surface area contributed by atoms with Gasteiger partial charge in [-0.3, -0.25) is 0 Å². The summed E-state index contributed by atoms with van der Waals surface area (Å²) >= 11 is 1.66. The van der Waals surface area contributed by atoms with E-state index in [0.717, 1.165) is 24.7 Å². The molecule has 1 saturated carbocycles. The Kier molecular flexibility index (Phi) is 2.57. The molecule has 2 nitrogen and oxygen atoms in total. The van der Waals surface area contributed by atoms with Crippen LogP contribution in [-0.4, -0.2) is 13.2 Å². The SMILES string of the molecule is c1scc2c1OCC1CCCCC1CO2. The third-order valence-corrected chi connectivity index (χ3v) is 4.27. The Balaban J connectivity index is 1.78. The summed E-state index contributed by atoms with van der Waals surface area (Å²) in [6.07, 6.45) is 5.35. The molecule has 2 heterocycles. The lowest BCUT2D eigenvalue weighted by Crippen LogP contribution is -2.31. The van der Waals surface area contributed by atoms with E-state index in [1.807, 2.05) is 10.8 Å². The molecule has 0 N–H and O–H groups in total. The molecule has 0 aromatic carbocycles. The highest BCUT2D eigenvalue weighted by atomic mass is 32.1. The molecule has 0 spiro atoms. The lowest BCUT2D eigenvalue weighted by Gasteiger charge is -2.32. The fourth-order valence-corrected chi connectivity index (χ4v) is 3.28. The molecular formula is C12H16O2S. The van der Waals surface area contributed by atoms with Gasteiger partial charge in [-0.1, -0.05) is 12.8 Å². The molecule has 3 heteroatoms. The van der Waals surface area contributed by atoms with Gasteiger partial charge in [-0.05, 0) is 24.7 Å².